The first-order chi connectivity index (χ1) is 12.6. The fourth-order valence-corrected chi connectivity index (χ4v) is 3.16. The van der Waals surface area contributed by atoms with Crippen LogP contribution in [-0.2, 0) is 9.53 Å². The third-order valence-electron chi connectivity index (χ3n) is 4.44. The average molecular weight is 365 g/mol. The number of halogens is 1. The highest BCUT2D eigenvalue weighted by atomic mass is 19.1. The third-order valence-corrected chi connectivity index (χ3v) is 4.44. The number of benzene rings is 1. The van der Waals surface area contributed by atoms with Gasteiger partial charge < -0.3 is 25.4 Å². The summed E-state index contributed by atoms with van der Waals surface area (Å²) >= 11 is 0. The monoisotopic (exact) mass is 365 g/mol. The van der Waals surface area contributed by atoms with Crippen molar-refractivity contribution in [1.29, 1.82) is 0 Å². The predicted molar refractivity (Wildman–Crippen MR) is 95.0 cm³/mol. The molecule has 1 aromatic rings. The van der Waals surface area contributed by atoms with Crippen molar-refractivity contribution in [1.82, 2.24) is 5.32 Å². The van der Waals surface area contributed by atoms with Crippen LogP contribution in [0.3, 0.4) is 0 Å². The Morgan fingerprint density at radius 2 is 2.12 bits per heavy atom. The van der Waals surface area contributed by atoms with Crippen molar-refractivity contribution in [2.75, 3.05) is 30.4 Å². The van der Waals surface area contributed by atoms with Gasteiger partial charge in [0.25, 0.3) is 5.91 Å². The van der Waals surface area contributed by atoms with Crippen LogP contribution in [0.5, 0.6) is 5.75 Å². The lowest BCUT2D eigenvalue weighted by Gasteiger charge is -2.22. The Bertz CT molecular complexity index is 662. The molecule has 3 rings (SSSR count). The lowest BCUT2D eigenvalue weighted by molar-refractivity contribution is -0.118. The Balaban J connectivity index is 1.40. The summed E-state index contributed by atoms with van der Waals surface area (Å²) in [5.74, 6) is -1.02. The van der Waals surface area contributed by atoms with Crippen molar-refractivity contribution in [3.63, 3.8) is 0 Å². The second kappa shape index (κ2) is 8.84. The second-order valence-electron chi connectivity index (χ2n) is 6.54. The lowest BCUT2D eigenvalue weighted by atomic mass is 9.98. The normalized spacial score (nSPS) is 17.0. The molecule has 0 bridgehead atoms. The maximum atomic E-state index is 14.0. The molecule has 0 spiro atoms. The summed E-state index contributed by atoms with van der Waals surface area (Å²) in [6.45, 7) is 0.855. The fraction of sp³-hybridized carbons (Fsp3) is 0.556. The van der Waals surface area contributed by atoms with Crippen LogP contribution in [0, 0.1) is 5.82 Å². The molecule has 0 unspecified atom stereocenters. The Morgan fingerprint density at radius 3 is 2.92 bits per heavy atom. The molecule has 0 aromatic heterocycles. The van der Waals surface area contributed by atoms with Crippen LogP contribution in [0.2, 0.25) is 0 Å². The summed E-state index contributed by atoms with van der Waals surface area (Å²) in [6, 6.07) is 2.17. The van der Waals surface area contributed by atoms with Crippen molar-refractivity contribution in [2.24, 2.45) is 0 Å². The first-order valence-electron chi connectivity index (χ1n) is 9.04. The number of fused-ring (bicyclic) bond motifs is 1. The quantitative estimate of drug-likeness (QED) is 0.676. The standard InChI is InChI=1S/C18H24FN3O4/c19-14-9-12(10-15-17(14)26-11-16(23)22-15)21-18(24)20-7-4-8-25-13-5-2-1-3-6-13/h9-10,13H,1-8,11H2,(H,22,23)(H2,20,21,24). The van der Waals surface area contributed by atoms with Gasteiger partial charge in [-0.05, 0) is 25.3 Å². The molecule has 8 heteroatoms. The summed E-state index contributed by atoms with van der Waals surface area (Å²) in [4.78, 5) is 23.2. The number of anilines is 2. The minimum atomic E-state index is -0.640. The van der Waals surface area contributed by atoms with E-state index in [0.29, 0.717) is 25.7 Å². The summed E-state index contributed by atoms with van der Waals surface area (Å²) in [6.07, 6.45) is 7.07. The number of urea groups is 1. The number of carbonyl (C=O) groups is 2. The van der Waals surface area contributed by atoms with Crippen LogP contribution >= 0.6 is 0 Å². The first-order valence-corrected chi connectivity index (χ1v) is 9.04. The summed E-state index contributed by atoms with van der Waals surface area (Å²) in [7, 11) is 0. The summed E-state index contributed by atoms with van der Waals surface area (Å²) in [5, 5.41) is 7.77. The van der Waals surface area contributed by atoms with E-state index in [9.17, 15) is 14.0 Å². The molecule has 1 aliphatic heterocycles. The van der Waals surface area contributed by atoms with Crippen LogP contribution in [-0.4, -0.2) is 37.8 Å². The molecule has 3 amide bonds. The largest absolute Gasteiger partial charge is 0.478 e. The van der Waals surface area contributed by atoms with E-state index in [2.05, 4.69) is 16.0 Å². The van der Waals surface area contributed by atoms with Crippen LogP contribution in [0.25, 0.3) is 0 Å². The molecular formula is C18H24FN3O4. The van der Waals surface area contributed by atoms with E-state index in [0.717, 1.165) is 18.9 Å². The SMILES string of the molecule is O=C1COc2c(F)cc(NC(=O)NCCCOC3CCCCC3)cc2N1. The molecule has 2 aliphatic rings. The Kier molecular flexibility index (Phi) is 6.27. The molecule has 1 fully saturated rings. The molecule has 7 nitrogen and oxygen atoms in total. The third kappa shape index (κ3) is 5.08. The number of amides is 3. The molecular weight excluding hydrogens is 341 g/mol. The van der Waals surface area contributed by atoms with E-state index < -0.39 is 11.8 Å². The van der Waals surface area contributed by atoms with Crippen LogP contribution in [0.4, 0.5) is 20.6 Å². The molecule has 1 aromatic carbocycles. The Hall–Kier alpha value is -2.35. The maximum Gasteiger partial charge on any atom is 0.319 e. The van der Waals surface area contributed by atoms with Crippen molar-refractivity contribution >= 4 is 23.3 Å². The van der Waals surface area contributed by atoms with Gasteiger partial charge in [0, 0.05) is 24.9 Å². The van der Waals surface area contributed by atoms with Gasteiger partial charge >= 0.3 is 6.03 Å². The van der Waals surface area contributed by atoms with E-state index in [1.54, 1.807) is 0 Å². The van der Waals surface area contributed by atoms with Crippen molar-refractivity contribution in [3.05, 3.63) is 17.9 Å². The molecule has 26 heavy (non-hydrogen) atoms. The van der Waals surface area contributed by atoms with E-state index in [1.165, 1.54) is 25.3 Å². The first kappa shape index (κ1) is 18.4. The second-order valence-corrected chi connectivity index (χ2v) is 6.54. The Morgan fingerprint density at radius 1 is 1.31 bits per heavy atom. The van der Waals surface area contributed by atoms with Crippen LogP contribution in [0.15, 0.2) is 12.1 Å². The molecule has 3 N–H and O–H groups in total. The van der Waals surface area contributed by atoms with Gasteiger partial charge in [-0.25, -0.2) is 9.18 Å². The highest BCUT2D eigenvalue weighted by Crippen LogP contribution is 2.33. The molecule has 1 aliphatic carbocycles. The maximum absolute atomic E-state index is 14.0. The van der Waals surface area contributed by atoms with Gasteiger partial charge in [0.2, 0.25) is 0 Å². The predicted octanol–water partition coefficient (Wildman–Crippen LogP) is 3.02. The van der Waals surface area contributed by atoms with E-state index in [-0.39, 0.29) is 29.6 Å². The zero-order valence-corrected chi connectivity index (χ0v) is 14.6. The van der Waals surface area contributed by atoms with Crippen molar-refractivity contribution < 1.29 is 23.5 Å². The van der Waals surface area contributed by atoms with Gasteiger partial charge in [0.15, 0.2) is 18.2 Å². The number of hydrogen-bond acceptors (Lipinski definition) is 4. The number of carbonyl (C=O) groups excluding carboxylic acids is 2. The van der Waals surface area contributed by atoms with Gasteiger partial charge in [0.05, 0.1) is 11.8 Å². The minimum absolute atomic E-state index is 0.0181. The Labute approximate surface area is 151 Å². The van der Waals surface area contributed by atoms with Crippen molar-refractivity contribution in [3.8, 4) is 5.75 Å². The fourth-order valence-electron chi connectivity index (χ4n) is 3.16. The van der Waals surface area contributed by atoms with E-state index >= 15 is 0 Å². The zero-order chi connectivity index (χ0) is 18.4. The molecule has 0 saturated heterocycles. The van der Waals surface area contributed by atoms with Crippen LogP contribution < -0.4 is 20.7 Å². The van der Waals surface area contributed by atoms with Gasteiger partial charge in [0.1, 0.15) is 0 Å². The lowest BCUT2D eigenvalue weighted by Crippen LogP contribution is -2.31. The number of nitrogens with one attached hydrogen (secondary N) is 3. The molecule has 1 heterocycles. The average Bonchev–Trinajstić information content (AvgIpc) is 2.62. The highest BCUT2D eigenvalue weighted by Gasteiger charge is 2.21. The highest BCUT2D eigenvalue weighted by molar-refractivity contribution is 5.97. The zero-order valence-electron chi connectivity index (χ0n) is 14.6. The topological polar surface area (TPSA) is 88.7 Å². The van der Waals surface area contributed by atoms with E-state index in [4.69, 9.17) is 9.47 Å². The number of hydrogen-bond donors (Lipinski definition) is 3. The molecule has 0 atom stereocenters. The summed E-state index contributed by atoms with van der Waals surface area (Å²) in [5.41, 5.74) is 0.445. The number of ether oxygens (including phenoxy) is 2. The smallest absolute Gasteiger partial charge is 0.319 e. The van der Waals surface area contributed by atoms with Gasteiger partial charge in [-0.15, -0.1) is 0 Å². The molecule has 1 saturated carbocycles. The minimum Gasteiger partial charge on any atom is -0.478 e. The van der Waals surface area contributed by atoms with Crippen molar-refractivity contribution in [2.45, 2.75) is 44.6 Å². The van der Waals surface area contributed by atoms with Gasteiger partial charge in [-0.2, -0.15) is 0 Å². The number of rotatable bonds is 6. The molecule has 142 valence electrons. The summed E-state index contributed by atoms with van der Waals surface area (Å²) < 4.78 is 24.8. The van der Waals surface area contributed by atoms with Gasteiger partial charge in [-0.1, -0.05) is 19.3 Å². The van der Waals surface area contributed by atoms with Crippen LogP contribution in [0.1, 0.15) is 38.5 Å². The van der Waals surface area contributed by atoms with E-state index in [1.807, 2.05) is 0 Å². The molecule has 0 radical (unpaired) electrons. The van der Waals surface area contributed by atoms with Gasteiger partial charge in [-0.3, -0.25) is 4.79 Å².